The van der Waals surface area contributed by atoms with E-state index in [4.69, 9.17) is 0 Å². The molecule has 0 radical (unpaired) electrons. The zero-order valence-corrected chi connectivity index (χ0v) is 10.1. The number of anilines is 1. The van der Waals surface area contributed by atoms with Crippen LogP contribution in [-0.4, -0.2) is 40.6 Å². The molecule has 2 aliphatic rings. The molecule has 0 amide bonds. The largest absolute Gasteiger partial charge is 0.359 e. The lowest BCUT2D eigenvalue weighted by Gasteiger charge is -2.17. The predicted octanol–water partition coefficient (Wildman–Crippen LogP) is 1.64. The van der Waals surface area contributed by atoms with E-state index in [1.807, 2.05) is 7.05 Å². The van der Waals surface area contributed by atoms with Crippen LogP contribution in [0.2, 0.25) is 0 Å². The van der Waals surface area contributed by atoms with Crippen LogP contribution in [0.1, 0.15) is 31.0 Å². The topological polar surface area (TPSA) is 33.1 Å². The lowest BCUT2D eigenvalue weighted by molar-refractivity contribution is 0.314. The second kappa shape index (κ2) is 3.77. The minimum absolute atomic E-state index is 0.615. The third kappa shape index (κ3) is 1.71. The number of hydrogen-bond acceptors (Lipinski definition) is 3. The van der Waals surface area contributed by atoms with Crippen molar-refractivity contribution in [1.82, 2.24) is 14.5 Å². The summed E-state index contributed by atoms with van der Waals surface area (Å²) in [7, 11) is 1.95. The van der Waals surface area contributed by atoms with Gasteiger partial charge in [-0.3, -0.25) is 4.90 Å². The highest BCUT2D eigenvalue weighted by atomic mass is 15.3. The van der Waals surface area contributed by atoms with Gasteiger partial charge >= 0.3 is 0 Å². The average molecular weight is 220 g/mol. The van der Waals surface area contributed by atoms with E-state index in [9.17, 15) is 0 Å². The molecular weight excluding hydrogens is 200 g/mol. The number of likely N-dealkylation sites (tertiary alicyclic amines) is 1. The minimum atomic E-state index is 0.615. The Morgan fingerprint density at radius 2 is 2.12 bits per heavy atom. The van der Waals surface area contributed by atoms with Crippen molar-refractivity contribution in [2.24, 2.45) is 0 Å². The van der Waals surface area contributed by atoms with E-state index in [0.29, 0.717) is 6.04 Å². The summed E-state index contributed by atoms with van der Waals surface area (Å²) >= 11 is 0. The first-order chi connectivity index (χ1) is 7.78. The fourth-order valence-corrected chi connectivity index (χ4v) is 2.75. The van der Waals surface area contributed by atoms with Gasteiger partial charge in [0, 0.05) is 32.4 Å². The van der Waals surface area contributed by atoms with Crippen LogP contribution in [-0.2, 0) is 0 Å². The summed E-state index contributed by atoms with van der Waals surface area (Å²) in [4.78, 5) is 7.13. The van der Waals surface area contributed by atoms with Crippen LogP contribution >= 0.6 is 0 Å². The van der Waals surface area contributed by atoms with E-state index in [1.165, 1.54) is 32.4 Å². The zero-order chi connectivity index (χ0) is 11.1. The lowest BCUT2D eigenvalue weighted by atomic mass is 10.2. The quantitative estimate of drug-likeness (QED) is 0.840. The summed E-state index contributed by atoms with van der Waals surface area (Å²) in [6.07, 6.45) is 6.26. The van der Waals surface area contributed by atoms with Crippen molar-refractivity contribution in [3.05, 3.63) is 11.9 Å². The SMILES string of the molecule is CNc1nc(C)cn1C1CCN(C2CC2)C1. The van der Waals surface area contributed by atoms with Crippen molar-refractivity contribution < 1.29 is 0 Å². The maximum atomic E-state index is 4.49. The van der Waals surface area contributed by atoms with Gasteiger partial charge in [-0.15, -0.1) is 0 Å². The van der Waals surface area contributed by atoms with E-state index >= 15 is 0 Å². The van der Waals surface area contributed by atoms with Gasteiger partial charge in [0.05, 0.1) is 11.7 Å². The molecule has 1 unspecified atom stereocenters. The van der Waals surface area contributed by atoms with E-state index in [-0.39, 0.29) is 0 Å². The van der Waals surface area contributed by atoms with E-state index in [1.54, 1.807) is 0 Å². The van der Waals surface area contributed by atoms with Gasteiger partial charge in [0.1, 0.15) is 0 Å². The van der Waals surface area contributed by atoms with Crippen LogP contribution in [0.25, 0.3) is 0 Å². The molecule has 3 rings (SSSR count). The maximum Gasteiger partial charge on any atom is 0.203 e. The van der Waals surface area contributed by atoms with Crippen molar-refractivity contribution in [2.45, 2.75) is 38.3 Å². The Morgan fingerprint density at radius 1 is 1.31 bits per heavy atom. The van der Waals surface area contributed by atoms with Crippen LogP contribution in [0, 0.1) is 6.92 Å². The monoisotopic (exact) mass is 220 g/mol. The number of hydrogen-bond donors (Lipinski definition) is 1. The highest BCUT2D eigenvalue weighted by Crippen LogP contribution is 2.34. The first-order valence-corrected chi connectivity index (χ1v) is 6.25. The van der Waals surface area contributed by atoms with Crippen LogP contribution in [0.15, 0.2) is 6.20 Å². The smallest absolute Gasteiger partial charge is 0.203 e. The molecule has 0 aromatic carbocycles. The number of aryl methyl sites for hydroxylation is 1. The molecule has 1 saturated carbocycles. The average Bonchev–Trinajstić information content (AvgIpc) is 2.89. The molecule has 1 saturated heterocycles. The molecule has 1 aliphatic carbocycles. The van der Waals surface area contributed by atoms with E-state index in [2.05, 4.69) is 32.9 Å². The number of rotatable bonds is 3. The molecule has 0 bridgehead atoms. The number of nitrogens with zero attached hydrogens (tertiary/aromatic N) is 3. The molecule has 0 spiro atoms. The molecule has 2 fully saturated rings. The van der Waals surface area contributed by atoms with Gasteiger partial charge in [0.15, 0.2) is 0 Å². The van der Waals surface area contributed by atoms with Crippen molar-refractivity contribution in [3.8, 4) is 0 Å². The van der Waals surface area contributed by atoms with Gasteiger partial charge in [0.25, 0.3) is 0 Å². The summed E-state index contributed by atoms with van der Waals surface area (Å²) in [5.41, 5.74) is 1.11. The Balaban J connectivity index is 1.76. The lowest BCUT2D eigenvalue weighted by Crippen LogP contribution is -2.23. The molecule has 1 N–H and O–H groups in total. The highest BCUT2D eigenvalue weighted by Gasteiger charge is 2.35. The van der Waals surface area contributed by atoms with Crippen LogP contribution in [0.3, 0.4) is 0 Å². The molecule has 1 aromatic rings. The van der Waals surface area contributed by atoms with Gasteiger partial charge in [-0.1, -0.05) is 0 Å². The van der Waals surface area contributed by atoms with Crippen LogP contribution in [0.4, 0.5) is 5.95 Å². The first-order valence-electron chi connectivity index (χ1n) is 6.25. The standard InChI is InChI=1S/C12H20N4/c1-9-7-16(12(13-2)14-9)11-5-6-15(8-11)10-3-4-10/h7,10-11H,3-6,8H2,1-2H3,(H,13,14). The summed E-state index contributed by atoms with van der Waals surface area (Å²) in [5, 5.41) is 3.19. The van der Waals surface area contributed by atoms with Crippen molar-refractivity contribution in [3.63, 3.8) is 0 Å². The zero-order valence-electron chi connectivity index (χ0n) is 10.1. The highest BCUT2D eigenvalue weighted by molar-refractivity contribution is 5.28. The molecule has 4 heteroatoms. The molecule has 4 nitrogen and oxygen atoms in total. The van der Waals surface area contributed by atoms with Crippen molar-refractivity contribution in [1.29, 1.82) is 0 Å². The second-order valence-electron chi connectivity index (χ2n) is 5.03. The Labute approximate surface area is 96.7 Å². The minimum Gasteiger partial charge on any atom is -0.359 e. The fraction of sp³-hybridized carbons (Fsp3) is 0.750. The van der Waals surface area contributed by atoms with Gasteiger partial charge in [0.2, 0.25) is 5.95 Å². The molecule has 1 atom stereocenters. The number of nitrogens with one attached hydrogen (secondary N) is 1. The third-order valence-corrected chi connectivity index (χ3v) is 3.73. The summed E-state index contributed by atoms with van der Waals surface area (Å²) in [6.45, 7) is 4.52. The van der Waals surface area contributed by atoms with E-state index < -0.39 is 0 Å². The Morgan fingerprint density at radius 3 is 2.81 bits per heavy atom. The predicted molar refractivity (Wildman–Crippen MR) is 64.8 cm³/mol. The second-order valence-corrected chi connectivity index (χ2v) is 5.03. The van der Waals surface area contributed by atoms with Gasteiger partial charge in [-0.05, 0) is 26.2 Å². The van der Waals surface area contributed by atoms with Gasteiger partial charge in [-0.2, -0.15) is 0 Å². The molecule has 1 aromatic heterocycles. The van der Waals surface area contributed by atoms with Crippen molar-refractivity contribution in [2.75, 3.05) is 25.5 Å². The molecule has 2 heterocycles. The van der Waals surface area contributed by atoms with Gasteiger partial charge in [-0.25, -0.2) is 4.98 Å². The van der Waals surface area contributed by atoms with Crippen molar-refractivity contribution >= 4 is 5.95 Å². The molecule has 16 heavy (non-hydrogen) atoms. The Kier molecular flexibility index (Phi) is 2.39. The molecule has 88 valence electrons. The van der Waals surface area contributed by atoms with Gasteiger partial charge < -0.3 is 9.88 Å². The normalized spacial score (nSPS) is 26.2. The Hall–Kier alpha value is -1.03. The van der Waals surface area contributed by atoms with E-state index in [0.717, 1.165) is 17.7 Å². The third-order valence-electron chi connectivity index (χ3n) is 3.73. The Bertz CT molecular complexity index is 380. The van der Waals surface area contributed by atoms with Crippen LogP contribution < -0.4 is 5.32 Å². The summed E-state index contributed by atoms with van der Waals surface area (Å²) in [6, 6.07) is 1.51. The molecule has 1 aliphatic heterocycles. The fourth-order valence-electron chi connectivity index (χ4n) is 2.75. The summed E-state index contributed by atoms with van der Waals surface area (Å²) in [5.74, 6) is 1.01. The summed E-state index contributed by atoms with van der Waals surface area (Å²) < 4.78 is 2.32. The maximum absolute atomic E-state index is 4.49. The number of aromatic nitrogens is 2. The molecular formula is C12H20N4. The first kappa shape index (κ1) is 10.1. The number of imidazole rings is 1. The van der Waals surface area contributed by atoms with Crippen LogP contribution in [0.5, 0.6) is 0 Å².